The number of hydrogen-bond donors (Lipinski definition) is 1. The summed E-state index contributed by atoms with van der Waals surface area (Å²) in [5.74, 6) is -0.224. The molecule has 0 saturated heterocycles. The number of methoxy groups -OCH3 is 1. The van der Waals surface area contributed by atoms with E-state index in [2.05, 4.69) is 29.1 Å². The van der Waals surface area contributed by atoms with Gasteiger partial charge in [0.25, 0.3) is 0 Å². The van der Waals surface area contributed by atoms with Crippen LogP contribution in [0.1, 0.15) is 16.7 Å². The van der Waals surface area contributed by atoms with Crippen LogP contribution in [-0.4, -0.2) is 19.1 Å². The largest absolute Gasteiger partial charge is 0.468 e. The zero-order valence-corrected chi connectivity index (χ0v) is 9.48. The monoisotopic (exact) mass is 213 g/mol. The summed E-state index contributed by atoms with van der Waals surface area (Å²) >= 11 is 1.73. The number of carbonyl (C=O) groups excluding carboxylic acids is 1. The molecule has 14 heavy (non-hydrogen) atoms. The van der Waals surface area contributed by atoms with E-state index in [1.54, 1.807) is 18.3 Å². The second-order valence-corrected chi connectivity index (χ2v) is 4.51. The van der Waals surface area contributed by atoms with Crippen molar-refractivity contribution in [1.29, 1.82) is 0 Å². The van der Waals surface area contributed by atoms with E-state index < -0.39 is 0 Å². The quantitative estimate of drug-likeness (QED) is 0.774. The fourth-order valence-corrected chi connectivity index (χ4v) is 1.94. The minimum Gasteiger partial charge on any atom is -0.468 e. The zero-order valence-electron chi connectivity index (χ0n) is 8.66. The highest BCUT2D eigenvalue weighted by molar-refractivity contribution is 7.11. The molecule has 0 spiro atoms. The molecule has 0 aromatic carbocycles. The summed E-state index contributed by atoms with van der Waals surface area (Å²) in [7, 11) is 1.40. The predicted octanol–water partition coefficient (Wildman–Crippen LogP) is 1.71. The van der Waals surface area contributed by atoms with E-state index in [-0.39, 0.29) is 12.0 Å². The van der Waals surface area contributed by atoms with Crippen LogP contribution >= 0.6 is 11.3 Å². The van der Waals surface area contributed by atoms with E-state index >= 15 is 0 Å². The summed E-state index contributed by atoms with van der Waals surface area (Å²) < 4.78 is 4.61. The van der Waals surface area contributed by atoms with Gasteiger partial charge in [-0.3, -0.25) is 10.1 Å². The predicted molar refractivity (Wildman–Crippen MR) is 57.4 cm³/mol. The lowest BCUT2D eigenvalue weighted by molar-refractivity contribution is -0.142. The van der Waals surface area contributed by atoms with Gasteiger partial charge in [0.15, 0.2) is 0 Å². The van der Waals surface area contributed by atoms with Crippen LogP contribution in [0, 0.1) is 6.92 Å². The van der Waals surface area contributed by atoms with E-state index in [1.165, 1.54) is 16.9 Å². The maximum Gasteiger partial charge on any atom is 0.322 e. The third-order valence-electron chi connectivity index (χ3n) is 1.93. The first-order valence-electron chi connectivity index (χ1n) is 4.50. The second-order valence-electron chi connectivity index (χ2n) is 3.14. The Kier molecular flexibility index (Phi) is 4.10. The Morgan fingerprint density at radius 3 is 2.86 bits per heavy atom. The zero-order chi connectivity index (χ0) is 10.6. The van der Waals surface area contributed by atoms with Gasteiger partial charge in [-0.15, -0.1) is 11.3 Å². The number of ether oxygens (including phenoxy) is 1. The Morgan fingerprint density at radius 1 is 1.64 bits per heavy atom. The van der Waals surface area contributed by atoms with Crippen LogP contribution in [0.25, 0.3) is 0 Å². The molecule has 1 unspecified atom stereocenters. The van der Waals surface area contributed by atoms with Crippen LogP contribution in [0.5, 0.6) is 0 Å². The number of aryl methyl sites for hydroxylation is 1. The Labute approximate surface area is 88.1 Å². The fourth-order valence-electron chi connectivity index (χ4n) is 1.09. The molecule has 1 atom stereocenters. The molecule has 1 aromatic heterocycles. The van der Waals surface area contributed by atoms with Gasteiger partial charge in [-0.2, -0.15) is 0 Å². The third-order valence-corrected chi connectivity index (χ3v) is 2.93. The van der Waals surface area contributed by atoms with Crippen molar-refractivity contribution < 1.29 is 9.53 Å². The minimum atomic E-state index is -0.248. The molecule has 0 aliphatic carbocycles. The smallest absolute Gasteiger partial charge is 0.322 e. The van der Waals surface area contributed by atoms with Crippen molar-refractivity contribution in [3.63, 3.8) is 0 Å². The molecule has 1 rings (SSSR count). The Morgan fingerprint density at radius 2 is 2.36 bits per heavy atom. The van der Waals surface area contributed by atoms with Gasteiger partial charge < -0.3 is 4.74 Å². The molecular weight excluding hydrogens is 198 g/mol. The number of hydrogen-bond acceptors (Lipinski definition) is 4. The highest BCUT2D eigenvalue weighted by Crippen LogP contribution is 2.14. The molecule has 1 heterocycles. The Bertz CT molecular complexity index is 309. The van der Waals surface area contributed by atoms with Crippen LogP contribution in [0.15, 0.2) is 12.1 Å². The SMILES string of the molecule is COC(=O)C(C)NCc1ccc(C)s1. The Hall–Kier alpha value is -0.870. The molecule has 0 bridgehead atoms. The number of rotatable bonds is 4. The maximum absolute atomic E-state index is 11.1. The van der Waals surface area contributed by atoms with Gasteiger partial charge in [0.05, 0.1) is 7.11 Å². The summed E-state index contributed by atoms with van der Waals surface area (Å²) in [4.78, 5) is 13.6. The van der Waals surface area contributed by atoms with E-state index in [0.29, 0.717) is 0 Å². The summed E-state index contributed by atoms with van der Waals surface area (Å²) in [6, 6.07) is 3.89. The van der Waals surface area contributed by atoms with Gasteiger partial charge in [0, 0.05) is 16.3 Å². The van der Waals surface area contributed by atoms with Crippen molar-refractivity contribution in [2.24, 2.45) is 0 Å². The minimum absolute atomic E-state index is 0.224. The second kappa shape index (κ2) is 5.12. The van der Waals surface area contributed by atoms with Crippen LogP contribution < -0.4 is 5.32 Å². The average Bonchev–Trinajstić information content (AvgIpc) is 2.59. The number of esters is 1. The lowest BCUT2D eigenvalue weighted by Crippen LogP contribution is -2.34. The molecule has 0 fully saturated rings. The van der Waals surface area contributed by atoms with Crippen LogP contribution in [-0.2, 0) is 16.1 Å². The lowest BCUT2D eigenvalue weighted by atomic mass is 10.3. The molecule has 0 saturated carbocycles. The van der Waals surface area contributed by atoms with Crippen molar-refractivity contribution in [3.8, 4) is 0 Å². The molecule has 1 N–H and O–H groups in total. The molecule has 78 valence electrons. The summed E-state index contributed by atoms with van der Waals surface area (Å²) in [5, 5.41) is 3.10. The van der Waals surface area contributed by atoms with Gasteiger partial charge in [-0.05, 0) is 26.0 Å². The van der Waals surface area contributed by atoms with Gasteiger partial charge in [-0.25, -0.2) is 0 Å². The molecule has 0 amide bonds. The molecule has 0 aliphatic heterocycles. The van der Waals surface area contributed by atoms with Gasteiger partial charge in [0.2, 0.25) is 0 Å². The van der Waals surface area contributed by atoms with Crippen molar-refractivity contribution >= 4 is 17.3 Å². The number of carbonyl (C=O) groups is 1. The molecule has 0 radical (unpaired) electrons. The van der Waals surface area contributed by atoms with E-state index in [1.807, 2.05) is 0 Å². The van der Waals surface area contributed by atoms with Crippen molar-refractivity contribution in [3.05, 3.63) is 21.9 Å². The summed E-state index contributed by atoms with van der Waals surface area (Å²) in [5.41, 5.74) is 0. The first-order chi connectivity index (χ1) is 6.63. The number of thiophene rings is 1. The molecule has 0 aliphatic rings. The Balaban J connectivity index is 2.37. The van der Waals surface area contributed by atoms with Crippen LogP contribution in [0.2, 0.25) is 0 Å². The van der Waals surface area contributed by atoms with E-state index in [0.717, 1.165) is 6.54 Å². The summed E-state index contributed by atoms with van der Waals surface area (Å²) in [6.07, 6.45) is 0. The van der Waals surface area contributed by atoms with Crippen molar-refractivity contribution in [2.75, 3.05) is 7.11 Å². The highest BCUT2D eigenvalue weighted by atomic mass is 32.1. The molecule has 4 heteroatoms. The van der Waals surface area contributed by atoms with Crippen LogP contribution in [0.4, 0.5) is 0 Å². The van der Waals surface area contributed by atoms with E-state index in [9.17, 15) is 4.79 Å². The molecule has 3 nitrogen and oxygen atoms in total. The maximum atomic E-state index is 11.1. The fraction of sp³-hybridized carbons (Fsp3) is 0.500. The topological polar surface area (TPSA) is 38.3 Å². The molecule has 1 aromatic rings. The van der Waals surface area contributed by atoms with Gasteiger partial charge in [0.1, 0.15) is 6.04 Å². The first-order valence-corrected chi connectivity index (χ1v) is 5.31. The number of nitrogens with one attached hydrogen (secondary N) is 1. The lowest BCUT2D eigenvalue weighted by Gasteiger charge is -2.09. The normalized spacial score (nSPS) is 12.5. The van der Waals surface area contributed by atoms with Crippen LogP contribution in [0.3, 0.4) is 0 Å². The summed E-state index contributed by atoms with van der Waals surface area (Å²) in [6.45, 7) is 4.58. The third kappa shape index (κ3) is 3.12. The van der Waals surface area contributed by atoms with Gasteiger partial charge in [-0.1, -0.05) is 0 Å². The highest BCUT2D eigenvalue weighted by Gasteiger charge is 2.11. The standard InChI is InChI=1S/C10H15NO2S/c1-7-4-5-9(14-7)6-11-8(2)10(12)13-3/h4-5,8,11H,6H2,1-3H3. The van der Waals surface area contributed by atoms with E-state index in [4.69, 9.17) is 0 Å². The van der Waals surface area contributed by atoms with Gasteiger partial charge >= 0.3 is 5.97 Å². The molecular formula is C10H15NO2S. The van der Waals surface area contributed by atoms with Crippen molar-refractivity contribution in [2.45, 2.75) is 26.4 Å². The average molecular weight is 213 g/mol. The van der Waals surface area contributed by atoms with Crippen molar-refractivity contribution in [1.82, 2.24) is 5.32 Å². The first kappa shape index (κ1) is 11.2.